The van der Waals surface area contributed by atoms with Crippen molar-refractivity contribution in [2.24, 2.45) is 0 Å². The normalized spacial score (nSPS) is 11.3. The lowest BCUT2D eigenvalue weighted by Gasteiger charge is -2.08. The lowest BCUT2D eigenvalue weighted by Crippen LogP contribution is -1.91. The summed E-state index contributed by atoms with van der Waals surface area (Å²) in [7, 11) is 0. The molecule has 0 atom stereocenters. The van der Waals surface area contributed by atoms with Crippen molar-refractivity contribution < 1.29 is 0 Å². The molecule has 2 aromatic heterocycles. The minimum atomic E-state index is 0.868. The van der Waals surface area contributed by atoms with Gasteiger partial charge in [-0.1, -0.05) is 78.4 Å². The van der Waals surface area contributed by atoms with Crippen LogP contribution in [0.1, 0.15) is 5.56 Å². The Kier molecular flexibility index (Phi) is 3.32. The van der Waals surface area contributed by atoms with Crippen LogP contribution < -0.4 is 0 Å². The standard InChI is InChI=1S/C23H17N3/c1-16-10-12-18(13-11-16)22-24-25-23-21-9-5-8-19(17-6-3-2-4-7-17)20(21)14-15-26(22)23/h2-15H,1H3. The molecular formula is C23H17N3. The average molecular weight is 335 g/mol. The first-order valence-corrected chi connectivity index (χ1v) is 8.70. The van der Waals surface area contributed by atoms with Gasteiger partial charge in [-0.3, -0.25) is 4.40 Å². The van der Waals surface area contributed by atoms with Crippen LogP contribution in [0.3, 0.4) is 0 Å². The molecule has 0 aliphatic carbocycles. The number of aromatic nitrogens is 3. The number of hydrogen-bond acceptors (Lipinski definition) is 2. The minimum Gasteiger partial charge on any atom is -0.282 e. The van der Waals surface area contributed by atoms with Crippen molar-refractivity contribution >= 4 is 16.4 Å². The van der Waals surface area contributed by atoms with Crippen molar-refractivity contribution in [1.29, 1.82) is 0 Å². The molecule has 0 saturated carbocycles. The smallest absolute Gasteiger partial charge is 0.168 e. The van der Waals surface area contributed by atoms with Crippen molar-refractivity contribution in [3.05, 3.63) is 90.6 Å². The second-order valence-electron chi connectivity index (χ2n) is 6.53. The largest absolute Gasteiger partial charge is 0.282 e. The van der Waals surface area contributed by atoms with Gasteiger partial charge >= 0.3 is 0 Å². The van der Waals surface area contributed by atoms with E-state index in [1.54, 1.807) is 0 Å². The maximum atomic E-state index is 4.49. The van der Waals surface area contributed by atoms with Crippen LogP contribution in [0.2, 0.25) is 0 Å². The van der Waals surface area contributed by atoms with Gasteiger partial charge in [-0.25, -0.2) is 0 Å². The third-order valence-electron chi connectivity index (χ3n) is 4.83. The van der Waals surface area contributed by atoms with Crippen molar-refractivity contribution in [2.45, 2.75) is 6.92 Å². The van der Waals surface area contributed by atoms with E-state index in [1.165, 1.54) is 22.1 Å². The number of fused-ring (bicyclic) bond motifs is 3. The van der Waals surface area contributed by atoms with Crippen molar-refractivity contribution in [2.75, 3.05) is 0 Å². The molecule has 3 aromatic carbocycles. The molecule has 0 saturated heterocycles. The number of aryl methyl sites for hydroxylation is 1. The van der Waals surface area contributed by atoms with Crippen molar-refractivity contribution in [3.8, 4) is 22.5 Å². The number of nitrogens with zero attached hydrogens (tertiary/aromatic N) is 3. The summed E-state index contributed by atoms with van der Waals surface area (Å²) in [6.45, 7) is 2.09. The van der Waals surface area contributed by atoms with Gasteiger partial charge in [0.1, 0.15) is 0 Å². The zero-order chi connectivity index (χ0) is 17.5. The molecule has 0 spiro atoms. The van der Waals surface area contributed by atoms with E-state index in [9.17, 15) is 0 Å². The van der Waals surface area contributed by atoms with E-state index in [0.29, 0.717) is 0 Å². The molecule has 0 fully saturated rings. The fraction of sp³-hybridized carbons (Fsp3) is 0.0435. The van der Waals surface area contributed by atoms with Crippen LogP contribution >= 0.6 is 0 Å². The molecule has 0 N–H and O–H groups in total. The zero-order valence-electron chi connectivity index (χ0n) is 14.4. The summed E-state index contributed by atoms with van der Waals surface area (Å²) in [6.07, 6.45) is 2.07. The Bertz CT molecular complexity index is 1220. The Balaban J connectivity index is 1.76. The third-order valence-corrected chi connectivity index (χ3v) is 4.83. The minimum absolute atomic E-state index is 0.868. The van der Waals surface area contributed by atoms with E-state index in [1.807, 2.05) is 6.07 Å². The topological polar surface area (TPSA) is 30.2 Å². The number of rotatable bonds is 2. The summed E-state index contributed by atoms with van der Waals surface area (Å²) in [5.74, 6) is 0.868. The van der Waals surface area contributed by atoms with Crippen molar-refractivity contribution in [1.82, 2.24) is 14.6 Å². The molecule has 3 heteroatoms. The molecule has 0 aliphatic rings. The summed E-state index contributed by atoms with van der Waals surface area (Å²) in [4.78, 5) is 0. The zero-order valence-corrected chi connectivity index (χ0v) is 14.4. The molecule has 2 heterocycles. The van der Waals surface area contributed by atoms with Gasteiger partial charge in [-0.15, -0.1) is 10.2 Å². The van der Waals surface area contributed by atoms with Gasteiger partial charge in [-0.05, 0) is 29.5 Å². The second kappa shape index (κ2) is 5.81. The molecule has 26 heavy (non-hydrogen) atoms. The Morgan fingerprint density at radius 2 is 1.46 bits per heavy atom. The van der Waals surface area contributed by atoms with Crippen LogP contribution in [0.5, 0.6) is 0 Å². The summed E-state index contributed by atoms with van der Waals surface area (Å²) >= 11 is 0. The van der Waals surface area contributed by atoms with Gasteiger partial charge in [0, 0.05) is 17.1 Å². The Labute approximate surface area is 151 Å². The molecule has 124 valence electrons. The molecule has 0 amide bonds. The van der Waals surface area contributed by atoms with E-state index in [0.717, 1.165) is 22.4 Å². The van der Waals surface area contributed by atoms with Crippen LogP contribution in [-0.4, -0.2) is 14.6 Å². The Morgan fingerprint density at radius 3 is 2.27 bits per heavy atom. The van der Waals surface area contributed by atoms with Crippen LogP contribution in [0.4, 0.5) is 0 Å². The van der Waals surface area contributed by atoms with E-state index in [2.05, 4.69) is 101 Å². The second-order valence-corrected chi connectivity index (χ2v) is 6.53. The van der Waals surface area contributed by atoms with Gasteiger partial charge < -0.3 is 0 Å². The van der Waals surface area contributed by atoms with Crippen LogP contribution in [0, 0.1) is 6.92 Å². The number of hydrogen-bond donors (Lipinski definition) is 0. The molecule has 0 aliphatic heterocycles. The van der Waals surface area contributed by atoms with Gasteiger partial charge in [0.05, 0.1) is 0 Å². The molecule has 5 aromatic rings. The van der Waals surface area contributed by atoms with Crippen molar-refractivity contribution in [3.63, 3.8) is 0 Å². The quantitative estimate of drug-likeness (QED) is 0.425. The molecule has 3 nitrogen and oxygen atoms in total. The monoisotopic (exact) mass is 335 g/mol. The van der Waals surface area contributed by atoms with Gasteiger partial charge in [-0.2, -0.15) is 0 Å². The lowest BCUT2D eigenvalue weighted by atomic mass is 9.99. The van der Waals surface area contributed by atoms with E-state index in [4.69, 9.17) is 0 Å². The summed E-state index contributed by atoms with van der Waals surface area (Å²) < 4.78 is 2.07. The highest BCUT2D eigenvalue weighted by Gasteiger charge is 2.12. The maximum Gasteiger partial charge on any atom is 0.168 e. The number of benzene rings is 3. The van der Waals surface area contributed by atoms with E-state index >= 15 is 0 Å². The predicted octanol–water partition coefficient (Wildman–Crippen LogP) is 5.52. The Morgan fingerprint density at radius 1 is 0.654 bits per heavy atom. The average Bonchev–Trinajstić information content (AvgIpc) is 3.13. The third kappa shape index (κ3) is 2.29. The summed E-state index contributed by atoms with van der Waals surface area (Å²) in [5.41, 5.74) is 5.62. The van der Waals surface area contributed by atoms with Gasteiger partial charge in [0.25, 0.3) is 0 Å². The molecule has 5 rings (SSSR count). The maximum absolute atomic E-state index is 4.49. The summed E-state index contributed by atoms with van der Waals surface area (Å²) in [6, 6.07) is 27.4. The molecule has 0 bridgehead atoms. The fourth-order valence-corrected chi connectivity index (χ4v) is 3.47. The van der Waals surface area contributed by atoms with Crippen LogP contribution in [-0.2, 0) is 0 Å². The summed E-state index contributed by atoms with van der Waals surface area (Å²) in [5, 5.41) is 11.3. The highest BCUT2D eigenvalue weighted by atomic mass is 15.2. The van der Waals surface area contributed by atoms with E-state index in [-0.39, 0.29) is 0 Å². The molecule has 0 radical (unpaired) electrons. The first-order chi connectivity index (χ1) is 12.8. The fourth-order valence-electron chi connectivity index (χ4n) is 3.47. The first-order valence-electron chi connectivity index (χ1n) is 8.70. The number of pyridine rings is 1. The van der Waals surface area contributed by atoms with Crippen LogP contribution in [0.15, 0.2) is 85.1 Å². The van der Waals surface area contributed by atoms with E-state index < -0.39 is 0 Å². The SMILES string of the molecule is Cc1ccc(-c2nnc3c4cccc(-c5ccccc5)c4ccn23)cc1. The van der Waals surface area contributed by atoms with Gasteiger partial charge in [0.2, 0.25) is 0 Å². The Hall–Kier alpha value is -3.46. The van der Waals surface area contributed by atoms with Crippen LogP contribution in [0.25, 0.3) is 38.9 Å². The highest BCUT2D eigenvalue weighted by Crippen LogP contribution is 2.31. The predicted molar refractivity (Wildman–Crippen MR) is 106 cm³/mol. The lowest BCUT2D eigenvalue weighted by molar-refractivity contribution is 1.11. The molecule has 0 unspecified atom stereocenters. The highest BCUT2D eigenvalue weighted by molar-refractivity contribution is 6.03. The first kappa shape index (κ1) is 14.8. The van der Waals surface area contributed by atoms with Gasteiger partial charge in [0.15, 0.2) is 11.5 Å². The molecular weight excluding hydrogens is 318 g/mol.